The van der Waals surface area contributed by atoms with Crippen LogP contribution in [0.25, 0.3) is 0 Å². The fraction of sp³-hybridized carbons (Fsp3) is 0.962. The second-order valence-corrected chi connectivity index (χ2v) is 8.81. The lowest BCUT2D eigenvalue weighted by Gasteiger charge is -2.09. The minimum Gasteiger partial charge on any atom is -0.385 e. The van der Waals surface area contributed by atoms with Crippen molar-refractivity contribution in [2.24, 2.45) is 5.92 Å². The number of carbonyl (C=O) groups is 1. The highest BCUT2D eigenvalue weighted by molar-refractivity contribution is 5.75. The first-order chi connectivity index (χ1) is 16.7. The maximum Gasteiger partial charge on any atom is 0.220 e. The Labute approximate surface area is 208 Å². The third-order valence-corrected chi connectivity index (χ3v) is 5.13. The maximum atomic E-state index is 11.8. The Morgan fingerprint density at radius 3 is 1.59 bits per heavy atom. The molecule has 0 atom stereocenters. The third-order valence-electron chi connectivity index (χ3n) is 5.13. The van der Waals surface area contributed by atoms with Gasteiger partial charge in [0, 0.05) is 33.3 Å². The van der Waals surface area contributed by atoms with Crippen molar-refractivity contribution in [1.82, 2.24) is 5.32 Å². The minimum atomic E-state index is 0.106. The molecule has 0 aromatic rings. The maximum absolute atomic E-state index is 11.8. The van der Waals surface area contributed by atoms with Crippen molar-refractivity contribution in [3.63, 3.8) is 0 Å². The molecular formula is C26H53NO7. The van der Waals surface area contributed by atoms with Crippen LogP contribution in [0.5, 0.6) is 0 Å². The van der Waals surface area contributed by atoms with Gasteiger partial charge in [-0.05, 0) is 31.6 Å². The van der Waals surface area contributed by atoms with E-state index in [9.17, 15) is 4.79 Å². The zero-order chi connectivity index (χ0) is 25.0. The number of unbranched alkanes of at least 4 members (excludes halogenated alkanes) is 5. The van der Waals surface area contributed by atoms with Crippen molar-refractivity contribution in [2.75, 3.05) is 86.3 Å². The third kappa shape index (κ3) is 29.3. The number of carbonyl (C=O) groups excluding carboxylic acids is 1. The van der Waals surface area contributed by atoms with Crippen molar-refractivity contribution in [3.05, 3.63) is 0 Å². The van der Waals surface area contributed by atoms with Crippen LogP contribution < -0.4 is 5.32 Å². The largest absolute Gasteiger partial charge is 0.385 e. The van der Waals surface area contributed by atoms with Crippen molar-refractivity contribution >= 4 is 5.91 Å². The lowest BCUT2D eigenvalue weighted by atomic mass is 10.1. The topological polar surface area (TPSA) is 84.5 Å². The molecule has 0 aromatic carbocycles. The van der Waals surface area contributed by atoms with Gasteiger partial charge in [0.15, 0.2) is 0 Å². The Bertz CT molecular complexity index is 411. The van der Waals surface area contributed by atoms with E-state index in [1.165, 1.54) is 25.7 Å². The number of methoxy groups -OCH3 is 1. The van der Waals surface area contributed by atoms with E-state index in [1.807, 2.05) is 0 Å². The van der Waals surface area contributed by atoms with Gasteiger partial charge in [0.05, 0.1) is 59.5 Å². The Balaban J connectivity index is 3.12. The summed E-state index contributed by atoms with van der Waals surface area (Å²) in [6.07, 6.45) is 9.71. The molecule has 204 valence electrons. The zero-order valence-corrected chi connectivity index (χ0v) is 22.3. The van der Waals surface area contributed by atoms with Crippen LogP contribution in [-0.4, -0.2) is 92.2 Å². The molecule has 0 aliphatic rings. The van der Waals surface area contributed by atoms with Gasteiger partial charge in [0.2, 0.25) is 5.91 Å². The fourth-order valence-electron chi connectivity index (χ4n) is 3.17. The molecule has 0 rings (SSSR count). The molecule has 0 unspecified atom stereocenters. The van der Waals surface area contributed by atoms with E-state index < -0.39 is 0 Å². The minimum absolute atomic E-state index is 0.106. The SMILES string of the molecule is COCCCCCCCCC(=O)NCCOCCOCCOCCOCCOCCCC(C)C. The molecule has 0 aliphatic carbocycles. The first kappa shape index (κ1) is 33.2. The molecule has 1 N–H and O–H groups in total. The monoisotopic (exact) mass is 491 g/mol. The molecule has 0 radical (unpaired) electrons. The summed E-state index contributed by atoms with van der Waals surface area (Å²) in [5, 5.41) is 2.90. The highest BCUT2D eigenvalue weighted by Crippen LogP contribution is 2.07. The quantitative estimate of drug-likeness (QED) is 0.166. The molecule has 1 amide bonds. The van der Waals surface area contributed by atoms with Crippen LogP contribution in [-0.2, 0) is 33.2 Å². The van der Waals surface area contributed by atoms with Gasteiger partial charge in [-0.15, -0.1) is 0 Å². The van der Waals surface area contributed by atoms with Crippen molar-refractivity contribution in [3.8, 4) is 0 Å². The summed E-state index contributed by atoms with van der Waals surface area (Å²) in [5.74, 6) is 0.842. The summed E-state index contributed by atoms with van der Waals surface area (Å²) >= 11 is 0. The average Bonchev–Trinajstić information content (AvgIpc) is 2.82. The fourth-order valence-corrected chi connectivity index (χ4v) is 3.17. The lowest BCUT2D eigenvalue weighted by molar-refractivity contribution is -0.121. The predicted molar refractivity (Wildman–Crippen MR) is 135 cm³/mol. The van der Waals surface area contributed by atoms with Crippen molar-refractivity contribution < 1.29 is 33.2 Å². The number of hydrogen-bond donors (Lipinski definition) is 1. The van der Waals surface area contributed by atoms with E-state index in [-0.39, 0.29) is 5.91 Å². The molecule has 0 saturated heterocycles. The molecule has 0 aromatic heterocycles. The van der Waals surface area contributed by atoms with Crippen LogP contribution in [0.3, 0.4) is 0 Å². The Hall–Kier alpha value is -0.770. The van der Waals surface area contributed by atoms with Crippen LogP contribution in [0.15, 0.2) is 0 Å². The van der Waals surface area contributed by atoms with Crippen molar-refractivity contribution in [2.45, 2.75) is 71.6 Å². The summed E-state index contributed by atoms with van der Waals surface area (Å²) < 4.78 is 32.4. The van der Waals surface area contributed by atoms with E-state index in [0.717, 1.165) is 44.8 Å². The summed E-state index contributed by atoms with van der Waals surface area (Å²) in [4.78, 5) is 11.8. The molecule has 0 aliphatic heterocycles. The number of nitrogens with one attached hydrogen (secondary N) is 1. The molecular weight excluding hydrogens is 438 g/mol. The van der Waals surface area contributed by atoms with Gasteiger partial charge in [-0.2, -0.15) is 0 Å². The van der Waals surface area contributed by atoms with Gasteiger partial charge in [0.1, 0.15) is 0 Å². The van der Waals surface area contributed by atoms with E-state index in [4.69, 9.17) is 28.4 Å². The predicted octanol–water partition coefficient (Wildman–Crippen LogP) is 4.00. The van der Waals surface area contributed by atoms with Gasteiger partial charge >= 0.3 is 0 Å². The second kappa shape index (κ2) is 28.5. The number of amides is 1. The highest BCUT2D eigenvalue weighted by atomic mass is 16.6. The first-order valence-corrected chi connectivity index (χ1v) is 13.3. The number of rotatable bonds is 28. The van der Waals surface area contributed by atoms with E-state index in [2.05, 4.69) is 19.2 Å². The van der Waals surface area contributed by atoms with Crippen LogP contribution in [0, 0.1) is 5.92 Å². The van der Waals surface area contributed by atoms with Crippen molar-refractivity contribution in [1.29, 1.82) is 0 Å². The Kier molecular flexibility index (Phi) is 27.8. The molecule has 34 heavy (non-hydrogen) atoms. The van der Waals surface area contributed by atoms with Crippen LogP contribution in [0.2, 0.25) is 0 Å². The van der Waals surface area contributed by atoms with Gasteiger partial charge in [0.25, 0.3) is 0 Å². The molecule has 8 nitrogen and oxygen atoms in total. The number of hydrogen-bond acceptors (Lipinski definition) is 7. The van der Waals surface area contributed by atoms with Crippen LogP contribution in [0.4, 0.5) is 0 Å². The smallest absolute Gasteiger partial charge is 0.220 e. The Morgan fingerprint density at radius 1 is 0.588 bits per heavy atom. The summed E-state index contributed by atoms with van der Waals surface area (Å²) in [5.41, 5.74) is 0. The Morgan fingerprint density at radius 2 is 1.06 bits per heavy atom. The normalized spacial score (nSPS) is 11.4. The van der Waals surface area contributed by atoms with Crippen LogP contribution >= 0.6 is 0 Å². The second-order valence-electron chi connectivity index (χ2n) is 8.81. The van der Waals surface area contributed by atoms with E-state index >= 15 is 0 Å². The zero-order valence-electron chi connectivity index (χ0n) is 22.3. The number of ether oxygens (including phenoxy) is 6. The standard InChI is InChI=1S/C26H53NO7/c1-25(2)11-10-15-30-17-19-32-21-23-34-24-22-33-20-18-31-16-13-27-26(28)12-8-6-4-5-7-9-14-29-3/h25H,4-24H2,1-3H3,(H,27,28). The first-order valence-electron chi connectivity index (χ1n) is 13.3. The molecule has 0 fully saturated rings. The molecule has 8 heteroatoms. The molecule has 0 saturated carbocycles. The van der Waals surface area contributed by atoms with E-state index in [1.54, 1.807) is 7.11 Å². The van der Waals surface area contributed by atoms with E-state index in [0.29, 0.717) is 72.4 Å². The molecule has 0 heterocycles. The van der Waals surface area contributed by atoms with Crippen LogP contribution in [0.1, 0.15) is 71.6 Å². The average molecular weight is 492 g/mol. The van der Waals surface area contributed by atoms with Gasteiger partial charge in [-0.1, -0.05) is 39.5 Å². The summed E-state index contributed by atoms with van der Waals surface area (Å²) in [6, 6.07) is 0. The summed E-state index contributed by atoms with van der Waals surface area (Å²) in [7, 11) is 1.74. The molecule has 0 spiro atoms. The lowest BCUT2D eigenvalue weighted by Crippen LogP contribution is -2.27. The summed E-state index contributed by atoms with van der Waals surface area (Å²) in [6.45, 7) is 11.6. The van der Waals surface area contributed by atoms with Gasteiger partial charge in [-0.3, -0.25) is 4.79 Å². The molecule has 0 bridgehead atoms. The highest BCUT2D eigenvalue weighted by Gasteiger charge is 2.01. The van der Waals surface area contributed by atoms with Gasteiger partial charge < -0.3 is 33.7 Å². The van der Waals surface area contributed by atoms with Gasteiger partial charge in [-0.25, -0.2) is 0 Å².